The van der Waals surface area contributed by atoms with Crippen LogP contribution in [0.25, 0.3) is 0 Å². The van der Waals surface area contributed by atoms with E-state index >= 15 is 0 Å². The van der Waals surface area contributed by atoms with Gasteiger partial charge in [0.2, 0.25) is 5.91 Å². The van der Waals surface area contributed by atoms with Gasteiger partial charge in [0.25, 0.3) is 0 Å². The number of nitrogens with zero attached hydrogens (tertiary/aromatic N) is 1. The van der Waals surface area contributed by atoms with Gasteiger partial charge in [-0.25, -0.2) is 4.79 Å². The molecule has 3 amide bonds. The van der Waals surface area contributed by atoms with Crippen molar-refractivity contribution in [3.63, 3.8) is 0 Å². The molecule has 0 unspecified atom stereocenters. The molecule has 0 aromatic heterocycles. The quantitative estimate of drug-likeness (QED) is 0.870. The van der Waals surface area contributed by atoms with Crippen molar-refractivity contribution in [3.8, 4) is 0 Å². The molecule has 20 heavy (non-hydrogen) atoms. The minimum Gasteiger partial charge on any atom is -0.378 e. The second-order valence-electron chi connectivity index (χ2n) is 5.38. The van der Waals surface area contributed by atoms with Crippen LogP contribution in [0.15, 0.2) is 24.3 Å². The summed E-state index contributed by atoms with van der Waals surface area (Å²) in [6.07, 6.45) is 1.14. The monoisotopic (exact) mass is 277 g/mol. The summed E-state index contributed by atoms with van der Waals surface area (Å²) in [6.45, 7) is 4.08. The summed E-state index contributed by atoms with van der Waals surface area (Å²) in [4.78, 5) is 25.1. The van der Waals surface area contributed by atoms with Crippen LogP contribution in [0.1, 0.15) is 26.7 Å². The molecule has 0 saturated heterocycles. The number of amides is 3. The van der Waals surface area contributed by atoms with Crippen molar-refractivity contribution in [1.82, 2.24) is 5.32 Å². The molecule has 0 aliphatic heterocycles. The van der Waals surface area contributed by atoms with E-state index in [1.54, 1.807) is 12.1 Å². The predicted octanol–water partition coefficient (Wildman–Crippen LogP) is 2.84. The molecular weight excluding hydrogens is 254 g/mol. The average molecular weight is 277 g/mol. The van der Waals surface area contributed by atoms with Crippen LogP contribution < -0.4 is 15.5 Å². The number of hydrogen-bond donors (Lipinski definition) is 2. The Bertz CT molecular complexity index is 453. The number of benzene rings is 1. The normalized spacial score (nSPS) is 10.2. The fourth-order valence-electron chi connectivity index (χ4n) is 1.61. The molecule has 0 saturated carbocycles. The summed E-state index contributed by atoms with van der Waals surface area (Å²) in [5.74, 6) is 0.198. The maximum absolute atomic E-state index is 11.6. The number of carbonyl (C=O) groups is 2. The minimum atomic E-state index is -0.489. The van der Waals surface area contributed by atoms with Crippen LogP contribution in [0.3, 0.4) is 0 Å². The van der Waals surface area contributed by atoms with Gasteiger partial charge in [-0.2, -0.15) is 0 Å². The zero-order chi connectivity index (χ0) is 15.1. The van der Waals surface area contributed by atoms with Crippen LogP contribution in [-0.4, -0.2) is 26.0 Å². The maximum atomic E-state index is 11.6. The molecule has 1 aromatic rings. The molecule has 0 bridgehead atoms. The molecule has 5 nitrogen and oxygen atoms in total. The van der Waals surface area contributed by atoms with Crippen molar-refractivity contribution in [2.45, 2.75) is 26.7 Å². The number of anilines is 2. The van der Waals surface area contributed by atoms with E-state index in [1.807, 2.05) is 45.0 Å². The van der Waals surface area contributed by atoms with E-state index in [-0.39, 0.29) is 5.91 Å². The predicted molar refractivity (Wildman–Crippen MR) is 82.0 cm³/mol. The number of urea groups is 1. The zero-order valence-corrected chi connectivity index (χ0v) is 12.6. The van der Waals surface area contributed by atoms with Crippen molar-refractivity contribution in [1.29, 1.82) is 0 Å². The second-order valence-corrected chi connectivity index (χ2v) is 5.38. The third kappa shape index (κ3) is 5.73. The van der Waals surface area contributed by atoms with Gasteiger partial charge in [-0.1, -0.05) is 13.8 Å². The third-order valence-electron chi connectivity index (χ3n) is 2.84. The van der Waals surface area contributed by atoms with Gasteiger partial charge in [-0.3, -0.25) is 10.1 Å². The molecule has 5 heteroatoms. The molecule has 0 radical (unpaired) electrons. The lowest BCUT2D eigenvalue weighted by molar-refractivity contribution is -0.120. The summed E-state index contributed by atoms with van der Waals surface area (Å²) in [5.41, 5.74) is 1.70. The minimum absolute atomic E-state index is 0.249. The van der Waals surface area contributed by atoms with E-state index in [0.717, 1.165) is 12.1 Å². The summed E-state index contributed by atoms with van der Waals surface area (Å²) in [6, 6.07) is 6.91. The summed E-state index contributed by atoms with van der Waals surface area (Å²) >= 11 is 0. The zero-order valence-electron chi connectivity index (χ0n) is 12.6. The first kappa shape index (κ1) is 16.0. The number of imide groups is 1. The highest BCUT2D eigenvalue weighted by molar-refractivity contribution is 6.01. The number of nitrogens with one attached hydrogen (secondary N) is 2. The van der Waals surface area contributed by atoms with E-state index in [4.69, 9.17) is 0 Å². The highest BCUT2D eigenvalue weighted by Crippen LogP contribution is 2.15. The van der Waals surface area contributed by atoms with Crippen LogP contribution >= 0.6 is 0 Å². The van der Waals surface area contributed by atoms with Crippen molar-refractivity contribution < 1.29 is 9.59 Å². The highest BCUT2D eigenvalue weighted by Gasteiger charge is 2.08. The molecule has 110 valence electrons. The summed E-state index contributed by atoms with van der Waals surface area (Å²) in [7, 11) is 3.89. The Morgan fingerprint density at radius 1 is 1.15 bits per heavy atom. The van der Waals surface area contributed by atoms with Crippen molar-refractivity contribution >= 4 is 23.3 Å². The van der Waals surface area contributed by atoms with E-state index in [0.29, 0.717) is 18.0 Å². The Morgan fingerprint density at radius 2 is 1.75 bits per heavy atom. The van der Waals surface area contributed by atoms with Crippen LogP contribution in [-0.2, 0) is 4.79 Å². The van der Waals surface area contributed by atoms with Crippen molar-refractivity contribution in [2.24, 2.45) is 5.92 Å². The molecule has 0 spiro atoms. The van der Waals surface area contributed by atoms with Crippen molar-refractivity contribution in [3.05, 3.63) is 24.3 Å². The molecule has 0 aliphatic carbocycles. The van der Waals surface area contributed by atoms with Gasteiger partial charge in [-0.15, -0.1) is 0 Å². The maximum Gasteiger partial charge on any atom is 0.325 e. The van der Waals surface area contributed by atoms with Gasteiger partial charge in [-0.05, 0) is 36.6 Å². The molecule has 0 atom stereocenters. The highest BCUT2D eigenvalue weighted by atomic mass is 16.2. The molecule has 1 aromatic carbocycles. The molecule has 2 N–H and O–H groups in total. The van der Waals surface area contributed by atoms with Gasteiger partial charge in [0.05, 0.1) is 0 Å². The van der Waals surface area contributed by atoms with Crippen LogP contribution in [0.5, 0.6) is 0 Å². The Balaban J connectivity index is 2.44. The fourth-order valence-corrected chi connectivity index (χ4v) is 1.61. The van der Waals surface area contributed by atoms with Gasteiger partial charge in [0.15, 0.2) is 0 Å². The molecule has 1 rings (SSSR count). The smallest absolute Gasteiger partial charge is 0.325 e. The Hall–Kier alpha value is -2.04. The van der Waals surface area contributed by atoms with E-state index < -0.39 is 6.03 Å². The molecule has 0 fully saturated rings. The Labute approximate surface area is 120 Å². The Kier molecular flexibility index (Phi) is 6.03. The lowest BCUT2D eigenvalue weighted by Crippen LogP contribution is -2.34. The van der Waals surface area contributed by atoms with Crippen molar-refractivity contribution in [2.75, 3.05) is 24.3 Å². The number of carbonyl (C=O) groups excluding carboxylic acids is 2. The lowest BCUT2D eigenvalue weighted by Gasteiger charge is -2.13. The third-order valence-corrected chi connectivity index (χ3v) is 2.84. The summed E-state index contributed by atoms with van der Waals surface area (Å²) < 4.78 is 0. The van der Waals surface area contributed by atoms with Gasteiger partial charge < -0.3 is 10.2 Å². The van der Waals surface area contributed by atoms with Crippen LogP contribution in [0.4, 0.5) is 16.2 Å². The summed E-state index contributed by atoms with van der Waals surface area (Å²) in [5, 5.41) is 4.96. The van der Waals surface area contributed by atoms with Gasteiger partial charge in [0, 0.05) is 31.9 Å². The topological polar surface area (TPSA) is 61.4 Å². The van der Waals surface area contributed by atoms with Gasteiger partial charge in [0.1, 0.15) is 0 Å². The molecular formula is C15H23N3O2. The molecule has 0 heterocycles. The number of rotatable bonds is 5. The number of hydrogen-bond acceptors (Lipinski definition) is 3. The van der Waals surface area contributed by atoms with Crippen LogP contribution in [0, 0.1) is 5.92 Å². The fraction of sp³-hybridized carbons (Fsp3) is 0.467. The first-order valence-corrected chi connectivity index (χ1v) is 6.76. The molecule has 0 aliphatic rings. The van der Waals surface area contributed by atoms with E-state index in [9.17, 15) is 9.59 Å². The van der Waals surface area contributed by atoms with E-state index in [1.165, 1.54) is 0 Å². The first-order valence-electron chi connectivity index (χ1n) is 6.76. The standard InChI is InChI=1S/C15H23N3O2/c1-11(2)5-10-14(19)17-15(20)16-12-6-8-13(9-7-12)18(3)4/h6-9,11H,5,10H2,1-4H3,(H2,16,17,19,20). The van der Waals surface area contributed by atoms with E-state index in [2.05, 4.69) is 10.6 Å². The SMILES string of the molecule is CC(C)CCC(=O)NC(=O)Nc1ccc(N(C)C)cc1. The Morgan fingerprint density at radius 3 is 2.25 bits per heavy atom. The second kappa shape index (κ2) is 7.53. The average Bonchev–Trinajstić information content (AvgIpc) is 2.36. The first-order chi connectivity index (χ1) is 9.38. The van der Waals surface area contributed by atoms with Gasteiger partial charge >= 0.3 is 6.03 Å². The largest absolute Gasteiger partial charge is 0.378 e. The lowest BCUT2D eigenvalue weighted by atomic mass is 10.1. The van der Waals surface area contributed by atoms with Crippen LogP contribution in [0.2, 0.25) is 0 Å².